The SMILES string of the molecule is Cc1cc2c(F)c(Oc3ncnc(Nc4cc(-c5ccc6c(c5)OCO6)[nH]n4)c3F)ccc2[nH]1. The van der Waals surface area contributed by atoms with Crippen LogP contribution >= 0.6 is 0 Å². The summed E-state index contributed by atoms with van der Waals surface area (Å²) in [6.07, 6.45) is 1.11. The van der Waals surface area contributed by atoms with Crippen molar-refractivity contribution in [2.75, 3.05) is 12.1 Å². The minimum atomic E-state index is -0.889. The summed E-state index contributed by atoms with van der Waals surface area (Å²) in [6, 6.07) is 11.9. The highest BCUT2D eigenvalue weighted by molar-refractivity contribution is 5.82. The van der Waals surface area contributed by atoms with Crippen LogP contribution in [0, 0.1) is 18.6 Å². The van der Waals surface area contributed by atoms with Gasteiger partial charge in [-0.2, -0.15) is 14.5 Å². The van der Waals surface area contributed by atoms with E-state index >= 15 is 4.39 Å². The molecule has 11 heteroatoms. The van der Waals surface area contributed by atoms with E-state index in [2.05, 4.69) is 30.5 Å². The number of H-pyrrole nitrogens is 2. The van der Waals surface area contributed by atoms with Gasteiger partial charge in [0.25, 0.3) is 5.88 Å². The fourth-order valence-corrected chi connectivity index (χ4v) is 3.70. The molecule has 0 fully saturated rings. The van der Waals surface area contributed by atoms with E-state index < -0.39 is 17.5 Å². The van der Waals surface area contributed by atoms with E-state index in [1.807, 2.05) is 19.1 Å². The van der Waals surface area contributed by atoms with Crippen molar-refractivity contribution in [1.29, 1.82) is 0 Å². The van der Waals surface area contributed by atoms with Gasteiger partial charge >= 0.3 is 0 Å². The smallest absolute Gasteiger partial charge is 0.261 e. The van der Waals surface area contributed by atoms with Gasteiger partial charge in [0.1, 0.15) is 6.33 Å². The average molecular weight is 462 g/mol. The first-order chi connectivity index (χ1) is 16.5. The van der Waals surface area contributed by atoms with Crippen LogP contribution in [-0.2, 0) is 0 Å². The Labute approximate surface area is 190 Å². The third kappa shape index (κ3) is 3.43. The summed E-state index contributed by atoms with van der Waals surface area (Å²) in [4.78, 5) is 10.8. The fourth-order valence-electron chi connectivity index (χ4n) is 3.70. The number of aryl methyl sites for hydroxylation is 1. The predicted octanol–water partition coefficient (Wildman–Crippen LogP) is 5.20. The maximum absolute atomic E-state index is 15.1. The Balaban J connectivity index is 1.25. The number of hydrogen-bond donors (Lipinski definition) is 3. The molecule has 0 radical (unpaired) electrons. The fraction of sp³-hybridized carbons (Fsp3) is 0.0870. The lowest BCUT2D eigenvalue weighted by atomic mass is 10.1. The molecule has 6 rings (SSSR count). The first-order valence-electron chi connectivity index (χ1n) is 10.2. The molecule has 0 atom stereocenters. The van der Waals surface area contributed by atoms with E-state index in [1.54, 1.807) is 24.3 Å². The van der Waals surface area contributed by atoms with Crippen molar-refractivity contribution in [3.05, 3.63) is 66.1 Å². The van der Waals surface area contributed by atoms with Gasteiger partial charge in [-0.25, -0.2) is 9.37 Å². The molecule has 0 bridgehead atoms. The van der Waals surface area contributed by atoms with Gasteiger partial charge in [0.15, 0.2) is 34.7 Å². The van der Waals surface area contributed by atoms with Crippen molar-refractivity contribution in [2.45, 2.75) is 6.92 Å². The van der Waals surface area contributed by atoms with Crippen molar-refractivity contribution in [3.8, 4) is 34.4 Å². The Kier molecular flexibility index (Phi) is 4.54. The minimum Gasteiger partial charge on any atom is -0.454 e. The normalized spacial score (nSPS) is 12.3. The molecule has 4 heterocycles. The van der Waals surface area contributed by atoms with Crippen LogP contribution in [0.5, 0.6) is 23.1 Å². The Morgan fingerprint density at radius 3 is 2.79 bits per heavy atom. The van der Waals surface area contributed by atoms with Crippen LogP contribution in [0.3, 0.4) is 0 Å². The molecule has 0 aliphatic carbocycles. The summed E-state index contributed by atoms with van der Waals surface area (Å²) in [5.41, 5.74) is 2.89. The van der Waals surface area contributed by atoms with Gasteiger partial charge in [-0.3, -0.25) is 5.10 Å². The molecule has 0 saturated heterocycles. The van der Waals surface area contributed by atoms with Crippen LogP contribution in [0.2, 0.25) is 0 Å². The van der Waals surface area contributed by atoms with Crippen LogP contribution in [0.4, 0.5) is 20.4 Å². The van der Waals surface area contributed by atoms with E-state index in [1.165, 1.54) is 6.07 Å². The monoisotopic (exact) mass is 462 g/mol. The molecule has 34 heavy (non-hydrogen) atoms. The van der Waals surface area contributed by atoms with Gasteiger partial charge in [-0.1, -0.05) is 0 Å². The highest BCUT2D eigenvalue weighted by atomic mass is 19.1. The summed E-state index contributed by atoms with van der Waals surface area (Å²) in [5.74, 6) is -0.645. The molecule has 9 nitrogen and oxygen atoms in total. The number of aromatic amines is 2. The van der Waals surface area contributed by atoms with Gasteiger partial charge < -0.3 is 24.5 Å². The maximum Gasteiger partial charge on any atom is 0.261 e. The van der Waals surface area contributed by atoms with Gasteiger partial charge in [0.05, 0.1) is 5.69 Å². The molecule has 3 aromatic heterocycles. The highest BCUT2D eigenvalue weighted by Gasteiger charge is 2.19. The second-order valence-corrected chi connectivity index (χ2v) is 7.59. The lowest BCUT2D eigenvalue weighted by molar-refractivity contribution is 0.174. The zero-order valence-corrected chi connectivity index (χ0v) is 17.6. The Bertz CT molecular complexity index is 1550. The number of nitrogens with zero attached hydrogens (tertiary/aromatic N) is 3. The zero-order valence-electron chi connectivity index (χ0n) is 17.6. The number of anilines is 2. The Morgan fingerprint density at radius 1 is 1.00 bits per heavy atom. The second-order valence-electron chi connectivity index (χ2n) is 7.59. The average Bonchev–Trinajstić information content (AvgIpc) is 3.57. The number of rotatable bonds is 5. The Morgan fingerprint density at radius 2 is 1.88 bits per heavy atom. The molecule has 0 unspecified atom stereocenters. The predicted molar refractivity (Wildman–Crippen MR) is 118 cm³/mol. The van der Waals surface area contributed by atoms with Crippen LogP contribution in [-0.4, -0.2) is 31.9 Å². The van der Waals surface area contributed by atoms with E-state index in [4.69, 9.17) is 14.2 Å². The van der Waals surface area contributed by atoms with Crippen LogP contribution < -0.4 is 19.5 Å². The lowest BCUT2D eigenvalue weighted by Gasteiger charge is -2.09. The van der Waals surface area contributed by atoms with Crippen molar-refractivity contribution >= 4 is 22.5 Å². The molecule has 170 valence electrons. The first kappa shape index (κ1) is 20.0. The highest BCUT2D eigenvalue weighted by Crippen LogP contribution is 2.36. The summed E-state index contributed by atoms with van der Waals surface area (Å²) in [7, 11) is 0. The number of nitrogens with one attached hydrogen (secondary N) is 3. The Hall–Kier alpha value is -4.67. The van der Waals surface area contributed by atoms with E-state index in [9.17, 15) is 4.39 Å². The largest absolute Gasteiger partial charge is 0.454 e. The number of halogens is 2. The number of fused-ring (bicyclic) bond motifs is 2. The molecule has 0 saturated carbocycles. The van der Waals surface area contributed by atoms with Crippen molar-refractivity contribution in [3.63, 3.8) is 0 Å². The molecular weight excluding hydrogens is 446 g/mol. The van der Waals surface area contributed by atoms with Crippen molar-refractivity contribution in [1.82, 2.24) is 25.1 Å². The maximum atomic E-state index is 15.1. The van der Waals surface area contributed by atoms with Crippen molar-refractivity contribution in [2.24, 2.45) is 0 Å². The molecular formula is C23H16F2N6O3. The summed E-state index contributed by atoms with van der Waals surface area (Å²) in [5, 5.41) is 10.2. The molecule has 0 amide bonds. The lowest BCUT2D eigenvalue weighted by Crippen LogP contribution is -2.02. The molecule has 1 aliphatic heterocycles. The molecule has 3 N–H and O–H groups in total. The summed E-state index contributed by atoms with van der Waals surface area (Å²) < 4.78 is 46.1. The van der Waals surface area contributed by atoms with Crippen LogP contribution in [0.15, 0.2) is 48.8 Å². The minimum absolute atomic E-state index is 0.153. The third-order valence-corrected chi connectivity index (χ3v) is 5.31. The molecule has 2 aromatic carbocycles. The second kappa shape index (κ2) is 7.73. The van der Waals surface area contributed by atoms with E-state index in [0.29, 0.717) is 33.9 Å². The van der Waals surface area contributed by atoms with Crippen molar-refractivity contribution < 1.29 is 23.0 Å². The summed E-state index contributed by atoms with van der Waals surface area (Å²) in [6.45, 7) is 1.99. The van der Waals surface area contributed by atoms with Gasteiger partial charge in [-0.05, 0) is 43.3 Å². The molecule has 1 aliphatic rings. The number of benzene rings is 2. The third-order valence-electron chi connectivity index (χ3n) is 5.31. The topological polar surface area (TPSA) is 110 Å². The number of aromatic nitrogens is 5. The molecule has 5 aromatic rings. The van der Waals surface area contributed by atoms with Gasteiger partial charge in [0.2, 0.25) is 12.6 Å². The van der Waals surface area contributed by atoms with E-state index in [0.717, 1.165) is 17.6 Å². The first-order valence-corrected chi connectivity index (χ1v) is 10.2. The van der Waals surface area contributed by atoms with Gasteiger partial charge in [-0.15, -0.1) is 0 Å². The van der Waals surface area contributed by atoms with Crippen LogP contribution in [0.1, 0.15) is 5.69 Å². The molecule has 0 spiro atoms. The number of ether oxygens (including phenoxy) is 3. The quantitative estimate of drug-likeness (QED) is 0.329. The van der Waals surface area contributed by atoms with Crippen LogP contribution in [0.25, 0.3) is 22.2 Å². The standard InChI is InChI=1S/C23H16F2N6O3/c1-11-6-13-14(28-11)3-5-17(20(13)24)34-23-21(25)22(26-9-27-23)29-19-8-15(30-31-19)12-2-4-16-18(7-12)33-10-32-16/h2-9,28H,10H2,1H3,(H2,26,27,29,30,31). The zero-order chi connectivity index (χ0) is 23.2. The number of hydrogen-bond acceptors (Lipinski definition) is 7. The van der Waals surface area contributed by atoms with E-state index in [-0.39, 0.29) is 18.4 Å². The summed E-state index contributed by atoms with van der Waals surface area (Å²) >= 11 is 0. The van der Waals surface area contributed by atoms with Gasteiger partial charge in [0, 0.05) is 28.2 Å².